The number of nitrogens with two attached hydrogens (primary N) is 1. The van der Waals surface area contributed by atoms with E-state index in [1.807, 2.05) is 13.8 Å². The minimum Gasteiger partial charge on any atom is -0.485 e. The summed E-state index contributed by atoms with van der Waals surface area (Å²) in [7, 11) is 1.48. The molecule has 0 fully saturated rings. The van der Waals surface area contributed by atoms with E-state index in [9.17, 15) is 4.79 Å². The SMILES string of the molecule is COc1cc(C=O)c(OCc2nccnc2C(/C=C\N)=NC(C)C)cn1. The Balaban J connectivity index is 2.30. The third kappa shape index (κ3) is 4.85. The van der Waals surface area contributed by atoms with Crippen LogP contribution in [0.15, 0.2) is 41.9 Å². The van der Waals surface area contributed by atoms with Gasteiger partial charge in [-0.25, -0.2) is 4.98 Å². The maximum atomic E-state index is 11.3. The first-order chi connectivity index (χ1) is 12.6. The van der Waals surface area contributed by atoms with Crippen LogP contribution in [0.3, 0.4) is 0 Å². The Morgan fingerprint density at radius 1 is 1.31 bits per heavy atom. The van der Waals surface area contributed by atoms with Crippen molar-refractivity contribution in [3.8, 4) is 11.6 Å². The van der Waals surface area contributed by atoms with E-state index in [1.54, 1.807) is 18.5 Å². The molecule has 0 aliphatic heterocycles. The fourth-order valence-electron chi connectivity index (χ4n) is 2.15. The fourth-order valence-corrected chi connectivity index (χ4v) is 2.15. The van der Waals surface area contributed by atoms with Crippen LogP contribution in [0.5, 0.6) is 11.6 Å². The van der Waals surface area contributed by atoms with Gasteiger partial charge < -0.3 is 15.2 Å². The summed E-state index contributed by atoms with van der Waals surface area (Å²) in [5, 5.41) is 0. The number of aldehydes is 1. The smallest absolute Gasteiger partial charge is 0.213 e. The number of carbonyl (C=O) groups is 1. The predicted octanol–water partition coefficient (Wildman–Crippen LogP) is 1.94. The molecular weight excluding hydrogens is 334 g/mol. The van der Waals surface area contributed by atoms with Crippen LogP contribution in [-0.2, 0) is 6.61 Å². The second kappa shape index (κ2) is 9.26. The Bertz CT molecular complexity index is 818. The average Bonchev–Trinajstić information content (AvgIpc) is 2.65. The quantitative estimate of drug-likeness (QED) is 0.569. The molecule has 8 nitrogen and oxygen atoms in total. The highest BCUT2D eigenvalue weighted by molar-refractivity contribution is 6.08. The number of rotatable bonds is 8. The Morgan fingerprint density at radius 3 is 2.73 bits per heavy atom. The molecule has 8 heteroatoms. The number of hydrogen-bond donors (Lipinski definition) is 1. The van der Waals surface area contributed by atoms with Crippen molar-refractivity contribution in [3.63, 3.8) is 0 Å². The van der Waals surface area contributed by atoms with Crippen molar-refractivity contribution in [2.45, 2.75) is 26.5 Å². The average molecular weight is 355 g/mol. The summed E-state index contributed by atoms with van der Waals surface area (Å²) in [6.45, 7) is 4.00. The summed E-state index contributed by atoms with van der Waals surface area (Å²) in [6, 6.07) is 1.56. The summed E-state index contributed by atoms with van der Waals surface area (Å²) >= 11 is 0. The van der Waals surface area contributed by atoms with E-state index in [0.717, 1.165) is 0 Å². The lowest BCUT2D eigenvalue weighted by Gasteiger charge is -2.12. The third-order valence-electron chi connectivity index (χ3n) is 3.24. The largest absolute Gasteiger partial charge is 0.485 e. The van der Waals surface area contributed by atoms with Crippen molar-refractivity contribution in [2.75, 3.05) is 7.11 Å². The van der Waals surface area contributed by atoms with E-state index in [1.165, 1.54) is 25.6 Å². The van der Waals surface area contributed by atoms with Gasteiger partial charge in [0.2, 0.25) is 5.88 Å². The maximum absolute atomic E-state index is 11.3. The molecule has 2 rings (SSSR count). The van der Waals surface area contributed by atoms with E-state index in [2.05, 4.69) is 19.9 Å². The normalized spacial score (nSPS) is 11.8. The van der Waals surface area contributed by atoms with Gasteiger partial charge in [-0.1, -0.05) is 0 Å². The molecule has 0 aliphatic rings. The van der Waals surface area contributed by atoms with Crippen LogP contribution in [0.1, 0.15) is 35.6 Å². The molecule has 2 heterocycles. The van der Waals surface area contributed by atoms with Crippen molar-refractivity contribution in [2.24, 2.45) is 10.7 Å². The zero-order chi connectivity index (χ0) is 18.9. The molecule has 2 aromatic heterocycles. The van der Waals surface area contributed by atoms with Gasteiger partial charge in [0.05, 0.1) is 24.6 Å². The molecule has 0 spiro atoms. The monoisotopic (exact) mass is 355 g/mol. The summed E-state index contributed by atoms with van der Waals surface area (Å²) in [4.78, 5) is 28.5. The number of ether oxygens (including phenoxy) is 2. The van der Waals surface area contributed by atoms with Crippen molar-refractivity contribution in [3.05, 3.63) is 53.9 Å². The van der Waals surface area contributed by atoms with Crippen LogP contribution < -0.4 is 15.2 Å². The van der Waals surface area contributed by atoms with E-state index in [0.29, 0.717) is 40.6 Å². The van der Waals surface area contributed by atoms with Crippen molar-refractivity contribution in [1.29, 1.82) is 0 Å². The number of nitrogens with zero attached hydrogens (tertiary/aromatic N) is 4. The highest BCUT2D eigenvalue weighted by Crippen LogP contribution is 2.21. The van der Waals surface area contributed by atoms with Gasteiger partial charge in [0, 0.05) is 24.5 Å². The van der Waals surface area contributed by atoms with E-state index in [4.69, 9.17) is 15.2 Å². The zero-order valence-corrected chi connectivity index (χ0v) is 14.9. The second-order valence-corrected chi connectivity index (χ2v) is 5.49. The van der Waals surface area contributed by atoms with Crippen LogP contribution in [0.2, 0.25) is 0 Å². The van der Waals surface area contributed by atoms with Crippen molar-refractivity contribution < 1.29 is 14.3 Å². The molecule has 2 N–H and O–H groups in total. The Labute approximate surface area is 151 Å². The Hall–Kier alpha value is -3.29. The van der Waals surface area contributed by atoms with Gasteiger partial charge in [-0.05, 0) is 26.1 Å². The first-order valence-corrected chi connectivity index (χ1v) is 7.97. The number of aliphatic imine (C=N–C) groups is 1. The fraction of sp³-hybridized carbons (Fsp3) is 0.278. The molecule has 0 saturated heterocycles. The Kier molecular flexibility index (Phi) is 6.78. The molecule has 2 aromatic rings. The van der Waals surface area contributed by atoms with Crippen molar-refractivity contribution in [1.82, 2.24) is 15.0 Å². The number of hydrogen-bond acceptors (Lipinski definition) is 8. The number of pyridine rings is 1. The van der Waals surface area contributed by atoms with Gasteiger partial charge in [-0.15, -0.1) is 0 Å². The van der Waals surface area contributed by atoms with Gasteiger partial charge in [0.15, 0.2) is 6.29 Å². The molecule has 0 saturated carbocycles. The first-order valence-electron chi connectivity index (χ1n) is 7.97. The highest BCUT2D eigenvalue weighted by atomic mass is 16.5. The lowest BCUT2D eigenvalue weighted by molar-refractivity contribution is 0.111. The second-order valence-electron chi connectivity index (χ2n) is 5.49. The van der Waals surface area contributed by atoms with E-state index in [-0.39, 0.29) is 12.6 Å². The van der Waals surface area contributed by atoms with Gasteiger partial charge in [-0.3, -0.25) is 19.8 Å². The molecule has 26 heavy (non-hydrogen) atoms. The molecule has 0 radical (unpaired) electrons. The molecule has 0 unspecified atom stereocenters. The van der Waals surface area contributed by atoms with Crippen LogP contribution >= 0.6 is 0 Å². The highest BCUT2D eigenvalue weighted by Gasteiger charge is 2.13. The number of aromatic nitrogens is 3. The lowest BCUT2D eigenvalue weighted by atomic mass is 10.2. The summed E-state index contributed by atoms with van der Waals surface area (Å²) in [6.07, 6.45) is 8.32. The molecule has 0 amide bonds. The van der Waals surface area contributed by atoms with Crippen LogP contribution in [0.4, 0.5) is 0 Å². The van der Waals surface area contributed by atoms with Crippen molar-refractivity contribution >= 4 is 12.0 Å². The number of allylic oxidation sites excluding steroid dienone is 1. The third-order valence-corrected chi connectivity index (χ3v) is 3.24. The van der Waals surface area contributed by atoms with Gasteiger partial charge >= 0.3 is 0 Å². The standard InChI is InChI=1S/C18H21N5O3/c1-12(2)23-14(4-5-19)18-15(20-6-7-21-18)11-26-16-9-22-17(25-3)8-13(16)10-24/h4-10,12H,11,19H2,1-3H3/b5-4-,23-14?. The number of methoxy groups -OCH3 is 1. The topological polar surface area (TPSA) is 113 Å². The van der Waals surface area contributed by atoms with E-state index < -0.39 is 0 Å². The zero-order valence-electron chi connectivity index (χ0n) is 14.9. The maximum Gasteiger partial charge on any atom is 0.213 e. The lowest BCUT2D eigenvalue weighted by Crippen LogP contribution is -2.12. The first kappa shape index (κ1) is 19.0. The summed E-state index contributed by atoms with van der Waals surface area (Å²) in [5.41, 5.74) is 7.60. The van der Waals surface area contributed by atoms with Crippen LogP contribution in [0, 0.1) is 0 Å². The molecule has 0 aliphatic carbocycles. The summed E-state index contributed by atoms with van der Waals surface area (Å²) < 4.78 is 10.7. The molecule has 136 valence electrons. The molecule has 0 aromatic carbocycles. The predicted molar refractivity (Wildman–Crippen MR) is 97.5 cm³/mol. The van der Waals surface area contributed by atoms with Crippen LogP contribution in [0.25, 0.3) is 0 Å². The minimum absolute atomic E-state index is 0.0597. The van der Waals surface area contributed by atoms with E-state index >= 15 is 0 Å². The molecular formula is C18H21N5O3. The van der Waals surface area contributed by atoms with Gasteiger partial charge in [0.1, 0.15) is 23.7 Å². The molecule has 0 bridgehead atoms. The van der Waals surface area contributed by atoms with Gasteiger partial charge in [-0.2, -0.15) is 0 Å². The summed E-state index contributed by atoms with van der Waals surface area (Å²) in [5.74, 6) is 0.660. The Morgan fingerprint density at radius 2 is 2.08 bits per heavy atom. The molecule has 0 atom stereocenters. The van der Waals surface area contributed by atoms with Gasteiger partial charge in [0.25, 0.3) is 0 Å². The number of carbonyl (C=O) groups excluding carboxylic acids is 1. The minimum atomic E-state index is 0.0597. The van der Waals surface area contributed by atoms with Crippen LogP contribution in [-0.4, -0.2) is 40.1 Å².